The van der Waals surface area contributed by atoms with E-state index in [2.05, 4.69) is 31.7 Å². The predicted octanol–water partition coefficient (Wildman–Crippen LogP) is 0.270. The number of rotatable bonds is 4. The third-order valence-electron chi connectivity index (χ3n) is 2.25. The van der Waals surface area contributed by atoms with Crippen LogP contribution in [0.25, 0.3) is 0 Å². The maximum absolute atomic E-state index is 9.32. The van der Waals surface area contributed by atoms with E-state index in [0.717, 1.165) is 5.56 Å². The molecule has 112 valence electrons. The molecule has 7 nitrogen and oxygen atoms in total. The number of hydrogen-bond acceptors (Lipinski definition) is 5. The van der Waals surface area contributed by atoms with Gasteiger partial charge in [-0.2, -0.15) is 10.2 Å². The maximum atomic E-state index is 9.32. The van der Waals surface area contributed by atoms with Crippen LogP contribution in [-0.2, 0) is 0 Å². The van der Waals surface area contributed by atoms with Crippen LogP contribution in [0.2, 0.25) is 0 Å². The first-order valence-electron chi connectivity index (χ1n) is 5.92. The van der Waals surface area contributed by atoms with Crippen molar-refractivity contribution in [1.29, 1.82) is 0 Å². The smallest absolute Gasteiger partial charge is 0.186 e. The first kappa shape index (κ1) is 16.8. The monoisotopic (exact) mass is 324 g/mol. The van der Waals surface area contributed by atoms with Gasteiger partial charge in [0, 0.05) is 19.7 Å². The van der Waals surface area contributed by atoms with E-state index < -0.39 is 0 Å². The Labute approximate surface area is 133 Å². The summed E-state index contributed by atoms with van der Waals surface area (Å²) in [5.41, 5.74) is 6.57. The Balaban J connectivity index is 2.91. The lowest BCUT2D eigenvalue weighted by atomic mass is 10.1. The van der Waals surface area contributed by atoms with E-state index in [1.807, 2.05) is 0 Å². The first-order chi connectivity index (χ1) is 10.1. The number of phenolic OH excluding ortho intramolecular Hbond substituents is 1. The molecule has 0 spiro atoms. The molecule has 0 amide bonds. The Bertz CT molecular complexity index is 555. The molecule has 0 unspecified atom stereocenters. The molecule has 0 heterocycles. The van der Waals surface area contributed by atoms with Crippen LogP contribution in [0.3, 0.4) is 0 Å². The molecule has 0 fully saturated rings. The zero-order chi connectivity index (χ0) is 15.7. The van der Waals surface area contributed by atoms with Crippen LogP contribution in [0.5, 0.6) is 5.75 Å². The zero-order valence-corrected chi connectivity index (χ0v) is 13.2. The molecule has 0 aliphatic heterocycles. The molecule has 1 aromatic carbocycles. The minimum Gasteiger partial charge on any atom is -0.508 e. The van der Waals surface area contributed by atoms with Crippen molar-refractivity contribution in [3.05, 3.63) is 29.8 Å². The third-order valence-corrected chi connectivity index (χ3v) is 2.84. The van der Waals surface area contributed by atoms with Gasteiger partial charge in [-0.15, -0.1) is 0 Å². The summed E-state index contributed by atoms with van der Waals surface area (Å²) in [6.07, 6.45) is 1.49. The maximum Gasteiger partial charge on any atom is 0.186 e. The Morgan fingerprint density at radius 3 is 2.19 bits per heavy atom. The molecule has 0 aliphatic carbocycles. The van der Waals surface area contributed by atoms with Gasteiger partial charge < -0.3 is 15.7 Å². The summed E-state index contributed by atoms with van der Waals surface area (Å²) in [6.45, 7) is 0. The largest absolute Gasteiger partial charge is 0.508 e. The average Bonchev–Trinajstić information content (AvgIpc) is 2.50. The number of nitrogens with zero attached hydrogens (tertiary/aromatic N) is 2. The molecule has 0 saturated carbocycles. The van der Waals surface area contributed by atoms with Crippen LogP contribution in [0.1, 0.15) is 5.56 Å². The fraction of sp³-hybridized carbons (Fsp3) is 0.167. The molecule has 5 N–H and O–H groups in total. The van der Waals surface area contributed by atoms with Gasteiger partial charge in [0.25, 0.3) is 0 Å². The van der Waals surface area contributed by atoms with Gasteiger partial charge in [0.15, 0.2) is 10.2 Å². The van der Waals surface area contributed by atoms with Crippen molar-refractivity contribution in [3.63, 3.8) is 0 Å². The molecule has 0 saturated heterocycles. The molecule has 1 rings (SSSR count). The van der Waals surface area contributed by atoms with E-state index in [-0.39, 0.29) is 5.75 Å². The molecular formula is C12H16N6OS2. The Morgan fingerprint density at radius 2 is 1.62 bits per heavy atom. The number of nitrogens with one attached hydrogen (secondary N) is 4. The second kappa shape index (κ2) is 8.82. The molecule has 0 radical (unpaired) electrons. The molecular weight excluding hydrogens is 308 g/mol. The average molecular weight is 324 g/mol. The minimum absolute atomic E-state index is 0.170. The topological polar surface area (TPSA) is 93.1 Å². The fourth-order valence-electron chi connectivity index (χ4n) is 1.17. The highest BCUT2D eigenvalue weighted by Crippen LogP contribution is 2.09. The first-order valence-corrected chi connectivity index (χ1v) is 6.74. The summed E-state index contributed by atoms with van der Waals surface area (Å²) in [6, 6.07) is 6.53. The van der Waals surface area contributed by atoms with E-state index in [1.54, 1.807) is 38.4 Å². The van der Waals surface area contributed by atoms with Crippen LogP contribution in [0.15, 0.2) is 34.5 Å². The lowest BCUT2D eigenvalue weighted by Crippen LogP contribution is -2.30. The van der Waals surface area contributed by atoms with Crippen molar-refractivity contribution in [3.8, 4) is 5.75 Å². The Morgan fingerprint density at radius 1 is 1.05 bits per heavy atom. The van der Waals surface area contributed by atoms with Crippen LogP contribution >= 0.6 is 24.4 Å². The number of benzene rings is 1. The van der Waals surface area contributed by atoms with Gasteiger partial charge in [0.05, 0.1) is 6.21 Å². The summed E-state index contributed by atoms with van der Waals surface area (Å²) < 4.78 is 0. The van der Waals surface area contributed by atoms with Crippen molar-refractivity contribution in [2.75, 3.05) is 14.1 Å². The molecule has 0 aliphatic rings. The SMILES string of the molecule is CNC(=S)NN=C/C(=N\NC(=S)NC)c1ccc(O)cc1. The quantitative estimate of drug-likeness (QED) is 0.308. The van der Waals surface area contributed by atoms with Gasteiger partial charge in [-0.05, 0) is 48.7 Å². The van der Waals surface area contributed by atoms with Crippen molar-refractivity contribution >= 4 is 46.6 Å². The molecule has 21 heavy (non-hydrogen) atoms. The van der Waals surface area contributed by atoms with E-state index >= 15 is 0 Å². The number of hydrogen-bond donors (Lipinski definition) is 5. The van der Waals surface area contributed by atoms with E-state index in [1.165, 1.54) is 6.21 Å². The van der Waals surface area contributed by atoms with Gasteiger partial charge in [-0.1, -0.05) is 0 Å². The number of thiocarbonyl (C=S) groups is 2. The Kier molecular flexibility index (Phi) is 7.05. The summed E-state index contributed by atoms with van der Waals surface area (Å²) in [7, 11) is 3.37. The summed E-state index contributed by atoms with van der Waals surface area (Å²) >= 11 is 9.87. The van der Waals surface area contributed by atoms with Gasteiger partial charge in [-0.3, -0.25) is 10.9 Å². The van der Waals surface area contributed by atoms with Crippen molar-refractivity contribution in [1.82, 2.24) is 21.5 Å². The van der Waals surface area contributed by atoms with Crippen LogP contribution in [-0.4, -0.2) is 41.4 Å². The summed E-state index contributed by atoms with van der Waals surface area (Å²) in [5.74, 6) is 0.170. The van der Waals surface area contributed by atoms with Crippen LogP contribution < -0.4 is 21.5 Å². The van der Waals surface area contributed by atoms with Crippen molar-refractivity contribution < 1.29 is 5.11 Å². The normalized spacial score (nSPS) is 11.0. The van der Waals surface area contributed by atoms with E-state index in [0.29, 0.717) is 15.9 Å². The number of hydrazone groups is 2. The van der Waals surface area contributed by atoms with Crippen LogP contribution in [0, 0.1) is 0 Å². The highest BCUT2D eigenvalue weighted by molar-refractivity contribution is 7.80. The van der Waals surface area contributed by atoms with E-state index in [9.17, 15) is 5.11 Å². The molecule has 0 bridgehead atoms. The second-order valence-corrected chi connectivity index (χ2v) is 4.50. The minimum atomic E-state index is 0.170. The number of phenols is 1. The van der Waals surface area contributed by atoms with Gasteiger partial charge in [0.2, 0.25) is 0 Å². The zero-order valence-electron chi connectivity index (χ0n) is 11.5. The Hall–Kier alpha value is -2.26. The summed E-state index contributed by atoms with van der Waals surface area (Å²) in [5, 5.41) is 23.7. The fourth-order valence-corrected chi connectivity index (χ4v) is 1.27. The second-order valence-electron chi connectivity index (χ2n) is 3.68. The lowest BCUT2D eigenvalue weighted by molar-refractivity contribution is 0.475. The third kappa shape index (κ3) is 6.15. The lowest BCUT2D eigenvalue weighted by Gasteiger charge is -2.05. The summed E-state index contributed by atoms with van der Waals surface area (Å²) in [4.78, 5) is 0. The molecule has 1 aromatic rings. The standard InChI is InChI=1S/C12H16N6OS2/c1-13-11(20)17-15-7-10(16-18-12(21)14-2)8-3-5-9(19)6-4-8/h3-7,19H,1-2H3,(H2,13,17,20)(H2,14,18,21)/b15-7?,16-10+. The number of aromatic hydroxyl groups is 1. The molecule has 0 aromatic heterocycles. The highest BCUT2D eigenvalue weighted by Gasteiger charge is 2.02. The van der Waals surface area contributed by atoms with Crippen molar-refractivity contribution in [2.24, 2.45) is 10.2 Å². The molecule has 9 heteroatoms. The van der Waals surface area contributed by atoms with Gasteiger partial charge in [0.1, 0.15) is 11.5 Å². The molecule has 0 atom stereocenters. The van der Waals surface area contributed by atoms with E-state index in [4.69, 9.17) is 24.4 Å². The predicted molar refractivity (Wildman–Crippen MR) is 92.7 cm³/mol. The van der Waals surface area contributed by atoms with Gasteiger partial charge in [-0.25, -0.2) is 0 Å². The van der Waals surface area contributed by atoms with Crippen LogP contribution in [0.4, 0.5) is 0 Å². The van der Waals surface area contributed by atoms with Gasteiger partial charge >= 0.3 is 0 Å². The highest BCUT2D eigenvalue weighted by atomic mass is 32.1. The van der Waals surface area contributed by atoms with Crippen molar-refractivity contribution in [2.45, 2.75) is 0 Å².